The summed E-state index contributed by atoms with van der Waals surface area (Å²) in [5.41, 5.74) is 3.88. The highest BCUT2D eigenvalue weighted by molar-refractivity contribution is 7.11. The number of thiazole rings is 1. The second-order valence-electron chi connectivity index (χ2n) is 5.14. The fourth-order valence-electron chi connectivity index (χ4n) is 2.56. The Kier molecular flexibility index (Phi) is 4.38. The summed E-state index contributed by atoms with van der Waals surface area (Å²) in [7, 11) is 0. The summed E-state index contributed by atoms with van der Waals surface area (Å²) in [5.74, 6) is 0. The number of nitrogens with zero attached hydrogens (tertiary/aromatic N) is 1. The highest BCUT2D eigenvalue weighted by atomic mass is 32.1. The van der Waals surface area contributed by atoms with Crippen LogP contribution in [0.3, 0.4) is 0 Å². The normalized spacial score (nSPS) is 14.4. The third-order valence-corrected chi connectivity index (χ3v) is 4.41. The van der Waals surface area contributed by atoms with Crippen LogP contribution in [0.2, 0.25) is 0 Å². The number of nitrogens with one attached hydrogen (secondary N) is 1. The first-order valence-corrected chi connectivity index (χ1v) is 7.56. The quantitative estimate of drug-likeness (QED) is 0.889. The SMILES string of the molecule is Cc1nc(C(C)NC(C)c2ccccc2C)c(C)s1. The Balaban J connectivity index is 2.13. The molecule has 19 heavy (non-hydrogen) atoms. The van der Waals surface area contributed by atoms with Gasteiger partial charge in [-0.15, -0.1) is 11.3 Å². The first kappa shape index (κ1) is 14.2. The zero-order chi connectivity index (χ0) is 14.0. The van der Waals surface area contributed by atoms with Crippen LogP contribution in [0.1, 0.15) is 52.6 Å². The van der Waals surface area contributed by atoms with E-state index in [0.717, 1.165) is 5.01 Å². The van der Waals surface area contributed by atoms with Gasteiger partial charge in [0.25, 0.3) is 0 Å². The molecule has 1 heterocycles. The summed E-state index contributed by atoms with van der Waals surface area (Å²) in [6.07, 6.45) is 0. The van der Waals surface area contributed by atoms with Crippen molar-refractivity contribution in [3.05, 3.63) is 51.0 Å². The van der Waals surface area contributed by atoms with Crippen LogP contribution in [0, 0.1) is 20.8 Å². The fraction of sp³-hybridized carbons (Fsp3) is 0.438. The lowest BCUT2D eigenvalue weighted by molar-refractivity contribution is 0.484. The van der Waals surface area contributed by atoms with Gasteiger partial charge in [0.15, 0.2) is 0 Å². The Morgan fingerprint density at radius 3 is 2.32 bits per heavy atom. The number of aromatic nitrogens is 1. The van der Waals surface area contributed by atoms with Crippen LogP contribution >= 0.6 is 11.3 Å². The van der Waals surface area contributed by atoms with E-state index in [1.807, 2.05) is 0 Å². The van der Waals surface area contributed by atoms with E-state index in [9.17, 15) is 0 Å². The minimum absolute atomic E-state index is 0.277. The van der Waals surface area contributed by atoms with Crippen molar-refractivity contribution in [2.45, 2.75) is 46.7 Å². The van der Waals surface area contributed by atoms with E-state index in [4.69, 9.17) is 0 Å². The largest absolute Gasteiger partial charge is 0.302 e. The molecule has 0 aliphatic rings. The fourth-order valence-corrected chi connectivity index (χ4v) is 3.48. The lowest BCUT2D eigenvalue weighted by Gasteiger charge is -2.21. The molecule has 0 saturated carbocycles. The molecule has 0 bridgehead atoms. The van der Waals surface area contributed by atoms with Gasteiger partial charge in [-0.05, 0) is 45.7 Å². The molecule has 0 aliphatic carbocycles. The average Bonchev–Trinajstić information content (AvgIpc) is 2.69. The summed E-state index contributed by atoms with van der Waals surface area (Å²) in [5, 5.41) is 4.79. The Hall–Kier alpha value is -1.19. The molecule has 2 aromatic rings. The smallest absolute Gasteiger partial charge is 0.0900 e. The van der Waals surface area contributed by atoms with E-state index in [0.29, 0.717) is 6.04 Å². The maximum absolute atomic E-state index is 4.64. The predicted molar refractivity (Wildman–Crippen MR) is 82.7 cm³/mol. The molecule has 1 aromatic carbocycles. The van der Waals surface area contributed by atoms with E-state index in [2.05, 4.69) is 69.2 Å². The van der Waals surface area contributed by atoms with Crippen molar-refractivity contribution in [3.8, 4) is 0 Å². The zero-order valence-corrected chi connectivity index (χ0v) is 13.1. The number of rotatable bonds is 4. The molecule has 0 saturated heterocycles. The van der Waals surface area contributed by atoms with Gasteiger partial charge in [-0.3, -0.25) is 0 Å². The Morgan fingerprint density at radius 1 is 1.05 bits per heavy atom. The summed E-state index contributed by atoms with van der Waals surface area (Å²) >= 11 is 1.77. The molecule has 0 amide bonds. The molecule has 0 radical (unpaired) electrons. The summed E-state index contributed by atoms with van der Waals surface area (Å²) < 4.78 is 0. The van der Waals surface area contributed by atoms with Crippen molar-refractivity contribution in [2.75, 3.05) is 0 Å². The first-order valence-electron chi connectivity index (χ1n) is 6.74. The highest BCUT2D eigenvalue weighted by Gasteiger charge is 2.16. The molecule has 1 N–H and O–H groups in total. The van der Waals surface area contributed by atoms with E-state index < -0.39 is 0 Å². The van der Waals surface area contributed by atoms with Crippen molar-refractivity contribution in [2.24, 2.45) is 0 Å². The van der Waals surface area contributed by atoms with Crippen molar-refractivity contribution in [1.82, 2.24) is 10.3 Å². The van der Waals surface area contributed by atoms with Crippen molar-refractivity contribution >= 4 is 11.3 Å². The van der Waals surface area contributed by atoms with Crippen molar-refractivity contribution in [3.63, 3.8) is 0 Å². The lowest BCUT2D eigenvalue weighted by Crippen LogP contribution is -2.23. The molecule has 2 rings (SSSR count). The maximum atomic E-state index is 4.64. The molecule has 2 atom stereocenters. The highest BCUT2D eigenvalue weighted by Crippen LogP contribution is 2.25. The minimum Gasteiger partial charge on any atom is -0.302 e. The minimum atomic E-state index is 0.277. The summed E-state index contributed by atoms with van der Waals surface area (Å²) in [6, 6.07) is 9.15. The molecule has 102 valence electrons. The van der Waals surface area contributed by atoms with Crippen LogP contribution in [0.25, 0.3) is 0 Å². The molecular weight excluding hydrogens is 252 g/mol. The lowest BCUT2D eigenvalue weighted by atomic mass is 10.0. The maximum Gasteiger partial charge on any atom is 0.0900 e. The van der Waals surface area contributed by atoms with Gasteiger partial charge in [-0.25, -0.2) is 4.98 Å². The van der Waals surface area contributed by atoms with Gasteiger partial charge in [-0.1, -0.05) is 24.3 Å². The molecule has 2 unspecified atom stereocenters. The molecule has 0 aliphatic heterocycles. The Labute approximate surface area is 119 Å². The second kappa shape index (κ2) is 5.85. The monoisotopic (exact) mass is 274 g/mol. The molecule has 3 heteroatoms. The average molecular weight is 274 g/mol. The van der Waals surface area contributed by atoms with Crippen LogP contribution in [-0.2, 0) is 0 Å². The van der Waals surface area contributed by atoms with Gasteiger partial charge in [0, 0.05) is 17.0 Å². The van der Waals surface area contributed by atoms with Crippen LogP contribution in [0.5, 0.6) is 0 Å². The third-order valence-electron chi connectivity index (χ3n) is 3.50. The number of hydrogen-bond donors (Lipinski definition) is 1. The number of benzene rings is 1. The van der Waals surface area contributed by atoms with Crippen molar-refractivity contribution in [1.29, 1.82) is 0 Å². The van der Waals surface area contributed by atoms with Crippen LogP contribution in [-0.4, -0.2) is 4.98 Å². The van der Waals surface area contributed by atoms with Gasteiger partial charge < -0.3 is 5.32 Å². The third kappa shape index (κ3) is 3.23. The zero-order valence-electron chi connectivity index (χ0n) is 12.3. The summed E-state index contributed by atoms with van der Waals surface area (Å²) in [4.78, 5) is 5.95. The first-order chi connectivity index (χ1) is 8.99. The van der Waals surface area contributed by atoms with E-state index >= 15 is 0 Å². The molecule has 0 spiro atoms. The van der Waals surface area contributed by atoms with Gasteiger partial charge in [0.05, 0.1) is 10.7 Å². The predicted octanol–water partition coefficient (Wildman–Crippen LogP) is 4.48. The molecule has 0 fully saturated rings. The van der Waals surface area contributed by atoms with E-state index in [-0.39, 0.29) is 6.04 Å². The molecule has 2 nitrogen and oxygen atoms in total. The van der Waals surface area contributed by atoms with E-state index in [1.165, 1.54) is 21.7 Å². The van der Waals surface area contributed by atoms with Crippen LogP contribution in [0.15, 0.2) is 24.3 Å². The van der Waals surface area contributed by atoms with Crippen LogP contribution < -0.4 is 5.32 Å². The van der Waals surface area contributed by atoms with E-state index in [1.54, 1.807) is 11.3 Å². The Morgan fingerprint density at radius 2 is 1.74 bits per heavy atom. The van der Waals surface area contributed by atoms with Gasteiger partial charge in [0.1, 0.15) is 0 Å². The number of aryl methyl sites for hydroxylation is 3. The number of hydrogen-bond acceptors (Lipinski definition) is 3. The van der Waals surface area contributed by atoms with Gasteiger partial charge in [0.2, 0.25) is 0 Å². The Bertz CT molecular complexity index is 560. The standard InChI is InChI=1S/C16H22N2S/c1-10-8-6-7-9-15(10)11(2)17-12(3)16-13(4)19-14(5)18-16/h6-9,11-12,17H,1-5H3. The topological polar surface area (TPSA) is 24.9 Å². The second-order valence-corrected chi connectivity index (χ2v) is 6.55. The molecule has 1 aromatic heterocycles. The molecular formula is C16H22N2S. The van der Waals surface area contributed by atoms with Gasteiger partial charge >= 0.3 is 0 Å². The van der Waals surface area contributed by atoms with Gasteiger partial charge in [-0.2, -0.15) is 0 Å². The van der Waals surface area contributed by atoms with Crippen LogP contribution in [0.4, 0.5) is 0 Å². The summed E-state index contributed by atoms with van der Waals surface area (Å²) in [6.45, 7) is 10.8. The van der Waals surface area contributed by atoms with Crippen molar-refractivity contribution < 1.29 is 0 Å².